The summed E-state index contributed by atoms with van der Waals surface area (Å²) in [6.07, 6.45) is 3.30. The minimum atomic E-state index is -0.897. The van der Waals surface area contributed by atoms with E-state index in [2.05, 4.69) is 22.3 Å². The Morgan fingerprint density at radius 3 is 2.55 bits per heavy atom. The summed E-state index contributed by atoms with van der Waals surface area (Å²) in [4.78, 5) is 14.4. The molecule has 0 saturated carbocycles. The molecule has 0 amide bonds. The molecule has 6 nitrogen and oxygen atoms in total. The predicted octanol–water partition coefficient (Wildman–Crippen LogP) is 2.36. The Labute approximate surface area is 194 Å². The van der Waals surface area contributed by atoms with Crippen LogP contribution in [-0.4, -0.2) is 76.8 Å². The number of carboxylic acid groups (broad SMARTS) is 1. The summed E-state index contributed by atoms with van der Waals surface area (Å²) in [5.74, 6) is -0.122. The Morgan fingerprint density at radius 2 is 1.87 bits per heavy atom. The molecule has 3 aliphatic heterocycles. The van der Waals surface area contributed by atoms with Crippen molar-refractivity contribution in [3.8, 4) is 0 Å². The molecule has 1 atom stereocenters. The topological polar surface area (TPSA) is 70.4 Å². The number of hydrogen-bond acceptors (Lipinski definition) is 4. The fourth-order valence-electron chi connectivity index (χ4n) is 5.11. The van der Waals surface area contributed by atoms with Crippen LogP contribution in [0.25, 0.3) is 10.9 Å². The third kappa shape index (κ3) is 4.58. The first-order valence-corrected chi connectivity index (χ1v) is 10.9. The van der Waals surface area contributed by atoms with E-state index in [1.807, 2.05) is 35.0 Å². The Morgan fingerprint density at radius 1 is 1.10 bits per heavy atom. The van der Waals surface area contributed by atoms with E-state index in [0.717, 1.165) is 47.6 Å². The van der Waals surface area contributed by atoms with Crippen LogP contribution in [0.1, 0.15) is 34.5 Å². The summed E-state index contributed by atoms with van der Waals surface area (Å²) < 4.78 is 1.95. The van der Waals surface area contributed by atoms with Gasteiger partial charge in [-0.25, -0.2) is 4.79 Å². The number of carboxylic acids is 1. The van der Waals surface area contributed by atoms with E-state index in [0.29, 0.717) is 18.2 Å². The molecule has 2 N–H and O–H groups in total. The van der Waals surface area contributed by atoms with Crippen molar-refractivity contribution in [1.82, 2.24) is 20.0 Å². The van der Waals surface area contributed by atoms with Gasteiger partial charge in [-0.15, -0.1) is 0 Å². The summed E-state index contributed by atoms with van der Waals surface area (Å²) in [6.45, 7) is 5.06. The monoisotopic (exact) mass is 412 g/mol. The molecular weight excluding hydrogens is 383 g/mol. The van der Waals surface area contributed by atoms with Crippen molar-refractivity contribution in [2.24, 2.45) is 5.92 Å². The normalized spacial score (nSPS) is 22.4. The van der Waals surface area contributed by atoms with Crippen molar-refractivity contribution in [1.29, 1.82) is 0 Å². The second-order valence-electron chi connectivity index (χ2n) is 8.54. The number of piperidine rings is 3. The minimum absolute atomic E-state index is 0. The van der Waals surface area contributed by atoms with Gasteiger partial charge in [-0.3, -0.25) is 4.68 Å². The first-order chi connectivity index (χ1) is 14.7. The van der Waals surface area contributed by atoms with Gasteiger partial charge in [0, 0.05) is 30.9 Å². The van der Waals surface area contributed by atoms with Gasteiger partial charge in [-0.1, -0.05) is 36.4 Å². The summed E-state index contributed by atoms with van der Waals surface area (Å²) in [7, 11) is 0. The summed E-state index contributed by atoms with van der Waals surface area (Å²) >= 11 is 0. The van der Waals surface area contributed by atoms with Gasteiger partial charge in [0.1, 0.15) is 0 Å². The van der Waals surface area contributed by atoms with E-state index in [-0.39, 0.29) is 18.9 Å². The predicted molar refractivity (Wildman–Crippen MR) is 124 cm³/mol. The number of hydrogen-bond donors (Lipinski definition) is 2. The average molecular weight is 412 g/mol. The quantitative estimate of drug-likeness (QED) is 0.583. The molecule has 4 heterocycles. The van der Waals surface area contributed by atoms with Gasteiger partial charge < -0.3 is 15.3 Å². The van der Waals surface area contributed by atoms with Crippen LogP contribution in [0.2, 0.25) is 0 Å². The Bertz CT molecular complexity index is 1040. The maximum absolute atomic E-state index is 11.9. The molecule has 0 spiro atoms. The third-order valence-electron chi connectivity index (χ3n) is 6.68. The van der Waals surface area contributed by atoms with E-state index in [4.69, 9.17) is 5.10 Å². The van der Waals surface area contributed by atoms with E-state index in [1.54, 1.807) is 6.07 Å². The Balaban J connectivity index is 0.00000231. The summed E-state index contributed by atoms with van der Waals surface area (Å²) in [5, 5.41) is 19.1. The molecule has 2 aromatic carbocycles. The zero-order valence-electron chi connectivity index (χ0n) is 17.1. The molecule has 31 heavy (non-hydrogen) atoms. The fraction of sp³-hybridized carbons (Fsp3) is 0.417. The van der Waals surface area contributed by atoms with Crippen LogP contribution in [0.3, 0.4) is 0 Å². The van der Waals surface area contributed by atoms with Crippen LogP contribution in [0.15, 0.2) is 48.5 Å². The van der Waals surface area contributed by atoms with E-state index < -0.39 is 5.97 Å². The average Bonchev–Trinajstić information content (AvgIpc) is 3.13. The van der Waals surface area contributed by atoms with Gasteiger partial charge >= 0.3 is 24.8 Å². The van der Waals surface area contributed by atoms with Gasteiger partial charge in [0.2, 0.25) is 0 Å². The zero-order chi connectivity index (χ0) is 20.5. The molecule has 0 radical (unpaired) electrons. The Hall–Kier alpha value is -2.10. The molecule has 3 aromatic rings. The SMILES string of the molecule is O=C(O)c1cccc2c1c(CCNC1CN3CCC1CC3)nn2Cc1ccccc1.[LiH]. The van der Waals surface area contributed by atoms with Crippen molar-refractivity contribution in [3.63, 3.8) is 0 Å². The van der Waals surface area contributed by atoms with Crippen molar-refractivity contribution >= 4 is 35.7 Å². The van der Waals surface area contributed by atoms with Crippen LogP contribution >= 0.6 is 0 Å². The van der Waals surface area contributed by atoms with Crippen LogP contribution in [-0.2, 0) is 13.0 Å². The first kappa shape index (κ1) is 22.1. The second-order valence-corrected chi connectivity index (χ2v) is 8.54. The molecule has 3 saturated heterocycles. The number of fused-ring (bicyclic) bond motifs is 4. The fourth-order valence-corrected chi connectivity index (χ4v) is 5.11. The number of benzene rings is 2. The van der Waals surface area contributed by atoms with E-state index >= 15 is 0 Å². The molecule has 7 heteroatoms. The van der Waals surface area contributed by atoms with E-state index in [1.165, 1.54) is 25.9 Å². The van der Waals surface area contributed by atoms with Crippen molar-refractivity contribution in [2.45, 2.75) is 31.8 Å². The molecule has 3 fully saturated rings. The molecule has 6 rings (SSSR count). The maximum atomic E-state index is 11.9. The van der Waals surface area contributed by atoms with Crippen LogP contribution in [0.4, 0.5) is 0 Å². The van der Waals surface area contributed by atoms with Gasteiger partial charge in [-0.05, 0) is 49.5 Å². The summed E-state index contributed by atoms with van der Waals surface area (Å²) in [5.41, 5.74) is 3.24. The number of carbonyl (C=O) groups is 1. The van der Waals surface area contributed by atoms with Gasteiger partial charge in [0.05, 0.1) is 23.3 Å². The molecule has 1 aromatic heterocycles. The van der Waals surface area contributed by atoms with Gasteiger partial charge in [0.25, 0.3) is 0 Å². The number of aromatic carboxylic acids is 1. The number of aromatic nitrogens is 2. The molecule has 2 bridgehead atoms. The number of nitrogens with one attached hydrogen (secondary N) is 1. The van der Waals surface area contributed by atoms with Gasteiger partial charge in [0.15, 0.2) is 0 Å². The summed E-state index contributed by atoms with van der Waals surface area (Å²) in [6, 6.07) is 16.2. The molecule has 3 aliphatic rings. The first-order valence-electron chi connectivity index (χ1n) is 10.9. The van der Waals surface area contributed by atoms with E-state index in [9.17, 15) is 9.90 Å². The number of rotatable bonds is 7. The Kier molecular flexibility index (Phi) is 6.83. The molecule has 158 valence electrons. The van der Waals surface area contributed by atoms with Crippen LogP contribution in [0.5, 0.6) is 0 Å². The molecule has 0 aliphatic carbocycles. The van der Waals surface area contributed by atoms with Crippen LogP contribution < -0.4 is 5.32 Å². The van der Waals surface area contributed by atoms with Crippen molar-refractivity contribution < 1.29 is 9.90 Å². The second kappa shape index (κ2) is 9.58. The van der Waals surface area contributed by atoms with Crippen molar-refractivity contribution in [2.75, 3.05) is 26.2 Å². The molecular formula is C24H29LiN4O2. The standard InChI is InChI=1S/C24H28N4O2.Li.H/c29-24(30)19-7-4-8-22-23(19)20(26-28(22)15-17-5-2-1-3-6-17)9-12-25-21-16-27-13-10-18(21)11-14-27;;/h1-8,18,21,25H,9-16H2,(H,29,30);;. The molecule has 1 unspecified atom stereocenters. The van der Waals surface area contributed by atoms with Gasteiger partial charge in [-0.2, -0.15) is 5.10 Å². The number of nitrogens with zero attached hydrogens (tertiary/aromatic N) is 3. The third-order valence-corrected chi connectivity index (χ3v) is 6.68. The van der Waals surface area contributed by atoms with Crippen molar-refractivity contribution in [3.05, 3.63) is 65.4 Å². The zero-order valence-corrected chi connectivity index (χ0v) is 17.1. The van der Waals surface area contributed by atoms with Crippen LogP contribution in [0, 0.1) is 5.92 Å².